The van der Waals surface area contributed by atoms with Gasteiger partial charge in [0.2, 0.25) is 0 Å². The average molecular weight is 217 g/mol. The Morgan fingerprint density at radius 3 is 2.62 bits per heavy atom. The summed E-state index contributed by atoms with van der Waals surface area (Å²) >= 11 is -2.84. The molecule has 0 spiro atoms. The van der Waals surface area contributed by atoms with Crippen LogP contribution in [0, 0.1) is 0 Å². The summed E-state index contributed by atoms with van der Waals surface area (Å²) in [6.45, 7) is 5.41. The van der Waals surface area contributed by atoms with Gasteiger partial charge in [0.15, 0.2) is 0 Å². The predicted molar refractivity (Wildman–Crippen MR) is 41.8 cm³/mol. The summed E-state index contributed by atoms with van der Waals surface area (Å²) in [6, 6.07) is 0. The summed E-state index contributed by atoms with van der Waals surface area (Å²) in [7, 11) is 0. The summed E-state index contributed by atoms with van der Waals surface area (Å²) < 4.78 is 28.3. The van der Waals surface area contributed by atoms with Crippen LogP contribution in [0.25, 0.3) is 0 Å². The van der Waals surface area contributed by atoms with Crippen molar-refractivity contribution in [3.63, 3.8) is 0 Å². The molecule has 0 radical (unpaired) electrons. The first kappa shape index (κ1) is 15.7. The molecule has 0 amide bonds. The first-order valence-corrected chi connectivity index (χ1v) is 4.15. The van der Waals surface area contributed by atoms with Gasteiger partial charge in [0, 0.05) is 6.61 Å². The van der Waals surface area contributed by atoms with Gasteiger partial charge in [-0.05, 0) is 6.92 Å². The van der Waals surface area contributed by atoms with Crippen molar-refractivity contribution in [3.05, 3.63) is 12.2 Å². The summed E-state index contributed by atoms with van der Waals surface area (Å²) in [5.74, 6) is -0.989. The standard InChI is InChI=1S/C6H10O5S.Na.H/c1-3-10-4-5(2)6(7)11-12(8)9;;/h2-4H2,1H3,(H,8,9);;/q;+1;-1/p-1. The van der Waals surface area contributed by atoms with Gasteiger partial charge in [-0.25, -0.2) is 9.00 Å². The number of carbonyl (C=O) groups excluding carboxylic acids is 1. The Bertz CT molecular complexity index is 210. The third kappa shape index (κ3) is 8.61. The maximum Gasteiger partial charge on any atom is 1.00 e. The van der Waals surface area contributed by atoms with E-state index in [1.54, 1.807) is 6.92 Å². The van der Waals surface area contributed by atoms with E-state index in [4.69, 9.17) is 4.74 Å². The van der Waals surface area contributed by atoms with E-state index >= 15 is 0 Å². The van der Waals surface area contributed by atoms with E-state index < -0.39 is 17.3 Å². The Morgan fingerprint density at radius 1 is 1.69 bits per heavy atom. The molecular formula is C6H10NaO5S-. The van der Waals surface area contributed by atoms with Crippen LogP contribution in [-0.4, -0.2) is 27.9 Å². The van der Waals surface area contributed by atoms with E-state index in [1.807, 2.05) is 0 Å². The molecule has 72 valence electrons. The van der Waals surface area contributed by atoms with Crippen molar-refractivity contribution in [1.82, 2.24) is 0 Å². The number of hydrogen-bond acceptors (Lipinski definition) is 5. The van der Waals surface area contributed by atoms with Crippen LogP contribution >= 0.6 is 0 Å². The normalized spacial score (nSPS) is 11.2. The first-order valence-electron chi connectivity index (χ1n) is 3.15. The van der Waals surface area contributed by atoms with Gasteiger partial charge in [0.05, 0.1) is 12.2 Å². The first-order chi connectivity index (χ1) is 5.57. The van der Waals surface area contributed by atoms with Crippen LogP contribution in [0.4, 0.5) is 0 Å². The van der Waals surface area contributed by atoms with Crippen LogP contribution in [0.5, 0.6) is 0 Å². The average Bonchev–Trinajstić information content (AvgIpc) is 1.98. The van der Waals surface area contributed by atoms with Crippen molar-refractivity contribution in [2.45, 2.75) is 6.92 Å². The van der Waals surface area contributed by atoms with Gasteiger partial charge < -0.3 is 14.9 Å². The molecule has 0 aromatic carbocycles. The molecule has 0 rings (SSSR count). The fraction of sp³-hybridized carbons (Fsp3) is 0.500. The molecule has 0 fully saturated rings. The van der Waals surface area contributed by atoms with E-state index in [0.717, 1.165) is 0 Å². The largest absolute Gasteiger partial charge is 1.00 e. The molecule has 0 heterocycles. The topological polar surface area (TPSA) is 75.7 Å². The number of hydrogen-bond donors (Lipinski definition) is 0. The van der Waals surface area contributed by atoms with Gasteiger partial charge in [-0.15, -0.1) is 0 Å². The molecule has 0 saturated carbocycles. The molecule has 0 aromatic rings. The van der Waals surface area contributed by atoms with Crippen molar-refractivity contribution in [2.24, 2.45) is 0 Å². The summed E-state index contributed by atoms with van der Waals surface area (Å²) in [4.78, 5) is 10.7. The zero-order valence-corrected chi connectivity index (χ0v) is 10.4. The van der Waals surface area contributed by atoms with Crippen molar-refractivity contribution in [1.29, 1.82) is 0 Å². The zero-order valence-electron chi connectivity index (χ0n) is 8.57. The number of rotatable bonds is 5. The van der Waals surface area contributed by atoms with Gasteiger partial charge in [0.1, 0.15) is 11.4 Å². The monoisotopic (exact) mass is 217 g/mol. The Kier molecular flexibility index (Phi) is 10.7. The quantitative estimate of drug-likeness (QED) is 0.279. The minimum Gasteiger partial charge on any atom is -1.00 e. The van der Waals surface area contributed by atoms with E-state index in [0.29, 0.717) is 6.61 Å². The van der Waals surface area contributed by atoms with Gasteiger partial charge in [-0.2, -0.15) is 0 Å². The van der Waals surface area contributed by atoms with E-state index in [1.165, 1.54) is 0 Å². The zero-order chi connectivity index (χ0) is 9.56. The van der Waals surface area contributed by atoms with Crippen molar-refractivity contribution in [3.8, 4) is 0 Å². The van der Waals surface area contributed by atoms with Crippen LogP contribution in [0.2, 0.25) is 0 Å². The van der Waals surface area contributed by atoms with Gasteiger partial charge in [0.25, 0.3) is 0 Å². The number of ether oxygens (including phenoxy) is 1. The Morgan fingerprint density at radius 2 is 2.23 bits per heavy atom. The molecular weight excluding hydrogens is 207 g/mol. The second-order valence-corrected chi connectivity index (χ2v) is 2.39. The second-order valence-electron chi connectivity index (χ2n) is 1.82. The predicted octanol–water partition coefficient (Wildman–Crippen LogP) is -2.97. The number of carbonyl (C=O) groups is 1. The minimum atomic E-state index is -2.84. The van der Waals surface area contributed by atoms with Crippen molar-refractivity contribution >= 4 is 17.3 Å². The molecule has 0 aliphatic rings. The fourth-order valence-corrected chi connectivity index (χ4v) is 0.646. The smallest absolute Gasteiger partial charge is 1.00 e. The molecule has 0 aromatic heterocycles. The summed E-state index contributed by atoms with van der Waals surface area (Å²) in [6.07, 6.45) is 0. The molecule has 5 nitrogen and oxygen atoms in total. The minimum absolute atomic E-state index is 0. The van der Waals surface area contributed by atoms with Crippen molar-refractivity contribution in [2.75, 3.05) is 13.2 Å². The SMILES string of the molecule is C=C(COCC)C(=O)OS(=O)[O-].[H-].[Na+]. The van der Waals surface area contributed by atoms with E-state index in [-0.39, 0.29) is 43.2 Å². The maximum atomic E-state index is 10.7. The van der Waals surface area contributed by atoms with Crippen LogP contribution in [0.15, 0.2) is 12.2 Å². The fourth-order valence-electron chi connectivity index (χ4n) is 0.405. The Labute approximate surface area is 103 Å². The van der Waals surface area contributed by atoms with Crippen LogP contribution in [0.1, 0.15) is 8.35 Å². The Balaban J connectivity index is -0.000000605. The van der Waals surface area contributed by atoms with Crippen LogP contribution < -0.4 is 29.6 Å². The molecule has 0 aliphatic heterocycles. The van der Waals surface area contributed by atoms with Gasteiger partial charge in [-0.3, -0.25) is 0 Å². The van der Waals surface area contributed by atoms with Crippen molar-refractivity contribution < 1.29 is 53.5 Å². The molecule has 1 atom stereocenters. The second kappa shape index (κ2) is 8.86. The third-order valence-electron chi connectivity index (χ3n) is 0.913. The van der Waals surface area contributed by atoms with E-state index in [2.05, 4.69) is 10.8 Å². The third-order valence-corrected chi connectivity index (χ3v) is 1.20. The summed E-state index contributed by atoms with van der Waals surface area (Å²) in [5, 5.41) is 0. The molecule has 13 heavy (non-hydrogen) atoms. The summed E-state index contributed by atoms with van der Waals surface area (Å²) in [5.41, 5.74) is -0.0268. The van der Waals surface area contributed by atoms with Gasteiger partial charge >= 0.3 is 35.5 Å². The molecule has 0 saturated heterocycles. The van der Waals surface area contributed by atoms with Crippen LogP contribution in [-0.2, 0) is 25.1 Å². The van der Waals surface area contributed by atoms with E-state index in [9.17, 15) is 13.6 Å². The maximum absolute atomic E-state index is 10.7. The molecule has 1 unspecified atom stereocenters. The molecule has 0 bridgehead atoms. The molecule has 7 heteroatoms. The molecule has 0 aliphatic carbocycles. The molecule has 0 N–H and O–H groups in total. The Hall–Kier alpha value is 0.280. The van der Waals surface area contributed by atoms with Crippen LogP contribution in [0.3, 0.4) is 0 Å². The van der Waals surface area contributed by atoms with Gasteiger partial charge in [-0.1, -0.05) is 6.58 Å².